The van der Waals surface area contributed by atoms with Crippen LogP contribution in [0.3, 0.4) is 0 Å². The van der Waals surface area contributed by atoms with Gasteiger partial charge in [0, 0.05) is 29.4 Å². The minimum absolute atomic E-state index is 0.0341. The summed E-state index contributed by atoms with van der Waals surface area (Å²) in [7, 11) is 0. The number of hydrogen-bond donors (Lipinski definition) is 1. The molecule has 3 rings (SSSR count). The van der Waals surface area contributed by atoms with E-state index in [1.807, 2.05) is 13.8 Å². The van der Waals surface area contributed by atoms with E-state index in [1.165, 1.54) is 4.80 Å². The Morgan fingerprint density at radius 3 is 2.38 bits per heavy atom. The molecule has 0 atom stereocenters. The van der Waals surface area contributed by atoms with E-state index in [4.69, 9.17) is 11.6 Å². The van der Waals surface area contributed by atoms with Crippen LogP contribution in [0.4, 0.5) is 5.69 Å². The summed E-state index contributed by atoms with van der Waals surface area (Å²) >= 11 is 6.01. The van der Waals surface area contributed by atoms with Crippen molar-refractivity contribution in [3.63, 3.8) is 0 Å². The molecule has 7 nitrogen and oxygen atoms in total. The van der Waals surface area contributed by atoms with Crippen LogP contribution in [0.5, 0.6) is 0 Å². The Morgan fingerprint density at radius 2 is 1.76 bits per heavy atom. The zero-order chi connectivity index (χ0) is 21.0. The van der Waals surface area contributed by atoms with Gasteiger partial charge in [0.1, 0.15) is 0 Å². The average Bonchev–Trinajstić information content (AvgIpc) is 3.11. The fraction of sp³-hybridized carbons (Fsp3) is 0.238. The second kappa shape index (κ2) is 8.87. The van der Waals surface area contributed by atoms with Gasteiger partial charge in [-0.2, -0.15) is 9.90 Å². The number of halogens is 1. The summed E-state index contributed by atoms with van der Waals surface area (Å²) in [5.41, 5.74) is 2.53. The Labute approximate surface area is 174 Å². The summed E-state index contributed by atoms with van der Waals surface area (Å²) in [6.07, 6.45) is 0. The monoisotopic (exact) mass is 411 g/mol. The molecule has 150 valence electrons. The van der Waals surface area contributed by atoms with E-state index in [2.05, 4.69) is 15.5 Å². The standard InChI is InChI=1S/C21H22ClN5O2/c1-4-26(5-2)21(29)15-9-11-17(12-10-15)23-20(28)19-14(3)24-27(25-19)18-8-6-7-16(22)13-18/h6-13H,4-5H2,1-3H3,(H,23,28). The third-order valence-electron chi connectivity index (χ3n) is 4.48. The lowest BCUT2D eigenvalue weighted by Crippen LogP contribution is -2.30. The van der Waals surface area contributed by atoms with Crippen molar-refractivity contribution < 1.29 is 9.59 Å². The van der Waals surface area contributed by atoms with E-state index >= 15 is 0 Å². The van der Waals surface area contributed by atoms with Crippen molar-refractivity contribution >= 4 is 29.1 Å². The van der Waals surface area contributed by atoms with Gasteiger partial charge < -0.3 is 10.2 Å². The van der Waals surface area contributed by atoms with Crippen molar-refractivity contribution in [3.8, 4) is 5.69 Å². The van der Waals surface area contributed by atoms with Gasteiger partial charge in [0.05, 0.1) is 11.4 Å². The summed E-state index contributed by atoms with van der Waals surface area (Å²) < 4.78 is 0. The molecular weight excluding hydrogens is 390 g/mol. The molecule has 29 heavy (non-hydrogen) atoms. The number of rotatable bonds is 6. The minimum Gasteiger partial charge on any atom is -0.339 e. The fourth-order valence-electron chi connectivity index (χ4n) is 2.88. The molecule has 0 unspecified atom stereocenters. The van der Waals surface area contributed by atoms with Gasteiger partial charge in [-0.15, -0.1) is 5.10 Å². The minimum atomic E-state index is -0.376. The molecule has 0 aliphatic heterocycles. The molecule has 0 saturated heterocycles. The van der Waals surface area contributed by atoms with E-state index in [-0.39, 0.29) is 17.5 Å². The predicted octanol–water partition coefficient (Wildman–Crippen LogP) is 3.96. The van der Waals surface area contributed by atoms with Crippen LogP contribution in [0, 0.1) is 6.92 Å². The molecular formula is C21H22ClN5O2. The largest absolute Gasteiger partial charge is 0.339 e. The number of hydrogen-bond acceptors (Lipinski definition) is 4. The molecule has 0 aliphatic carbocycles. The van der Waals surface area contributed by atoms with Gasteiger partial charge in [-0.25, -0.2) is 0 Å². The molecule has 0 fully saturated rings. The molecule has 0 radical (unpaired) electrons. The lowest BCUT2D eigenvalue weighted by molar-refractivity contribution is 0.0773. The summed E-state index contributed by atoms with van der Waals surface area (Å²) in [5, 5.41) is 11.9. The molecule has 0 saturated carbocycles. The number of nitrogens with one attached hydrogen (secondary N) is 1. The van der Waals surface area contributed by atoms with Crippen LogP contribution in [0.2, 0.25) is 5.02 Å². The highest BCUT2D eigenvalue weighted by Gasteiger charge is 2.17. The second-order valence-corrected chi connectivity index (χ2v) is 6.85. The van der Waals surface area contributed by atoms with E-state index in [0.717, 1.165) is 0 Å². The highest BCUT2D eigenvalue weighted by molar-refractivity contribution is 6.30. The normalized spacial score (nSPS) is 10.6. The molecule has 0 spiro atoms. The first-order valence-corrected chi connectivity index (χ1v) is 9.71. The Hall–Kier alpha value is -3.19. The Kier molecular flexibility index (Phi) is 6.29. The van der Waals surface area contributed by atoms with Crippen molar-refractivity contribution in [1.29, 1.82) is 0 Å². The Balaban J connectivity index is 1.75. The third-order valence-corrected chi connectivity index (χ3v) is 4.71. The molecule has 1 aromatic heterocycles. The number of anilines is 1. The average molecular weight is 412 g/mol. The molecule has 2 amide bonds. The van der Waals surface area contributed by atoms with Crippen LogP contribution >= 0.6 is 11.6 Å². The topological polar surface area (TPSA) is 80.1 Å². The first-order valence-electron chi connectivity index (χ1n) is 9.33. The zero-order valence-electron chi connectivity index (χ0n) is 16.5. The molecule has 1 heterocycles. The molecule has 1 N–H and O–H groups in total. The molecule has 8 heteroatoms. The van der Waals surface area contributed by atoms with E-state index < -0.39 is 0 Å². The van der Waals surface area contributed by atoms with Crippen LogP contribution in [0.25, 0.3) is 5.69 Å². The summed E-state index contributed by atoms with van der Waals surface area (Å²) in [6, 6.07) is 13.9. The number of amides is 2. The number of carbonyl (C=O) groups is 2. The van der Waals surface area contributed by atoms with Gasteiger partial charge in [0.15, 0.2) is 5.69 Å². The highest BCUT2D eigenvalue weighted by Crippen LogP contribution is 2.16. The number of carbonyl (C=O) groups excluding carboxylic acids is 2. The summed E-state index contributed by atoms with van der Waals surface area (Å²) in [4.78, 5) is 28.1. The maximum Gasteiger partial charge on any atom is 0.278 e. The quantitative estimate of drug-likeness (QED) is 0.665. The molecule has 0 aliphatic rings. The van der Waals surface area contributed by atoms with E-state index in [1.54, 1.807) is 60.4 Å². The first-order chi connectivity index (χ1) is 13.9. The number of benzene rings is 2. The van der Waals surface area contributed by atoms with Crippen LogP contribution < -0.4 is 5.32 Å². The van der Waals surface area contributed by atoms with Crippen molar-refractivity contribution in [2.75, 3.05) is 18.4 Å². The van der Waals surface area contributed by atoms with Crippen LogP contribution in [0.15, 0.2) is 48.5 Å². The van der Waals surface area contributed by atoms with Crippen molar-refractivity contribution in [3.05, 3.63) is 70.5 Å². The summed E-state index contributed by atoms with van der Waals surface area (Å²) in [6.45, 7) is 6.89. The molecule has 0 bridgehead atoms. The lowest BCUT2D eigenvalue weighted by atomic mass is 10.1. The molecule has 3 aromatic rings. The fourth-order valence-corrected chi connectivity index (χ4v) is 3.07. The molecule has 2 aromatic carbocycles. The SMILES string of the molecule is CCN(CC)C(=O)c1ccc(NC(=O)c2nn(-c3cccc(Cl)c3)nc2C)cc1. The highest BCUT2D eigenvalue weighted by atomic mass is 35.5. The van der Waals surface area contributed by atoms with Crippen molar-refractivity contribution in [2.24, 2.45) is 0 Å². The predicted molar refractivity (Wildman–Crippen MR) is 113 cm³/mol. The maximum atomic E-state index is 12.6. The van der Waals surface area contributed by atoms with Crippen molar-refractivity contribution in [1.82, 2.24) is 19.9 Å². The smallest absolute Gasteiger partial charge is 0.278 e. The second-order valence-electron chi connectivity index (χ2n) is 6.41. The van der Waals surface area contributed by atoms with Crippen LogP contribution in [-0.2, 0) is 0 Å². The van der Waals surface area contributed by atoms with Gasteiger partial charge in [-0.1, -0.05) is 17.7 Å². The van der Waals surface area contributed by atoms with Crippen LogP contribution in [-0.4, -0.2) is 44.8 Å². The van der Waals surface area contributed by atoms with Gasteiger partial charge in [0.2, 0.25) is 0 Å². The number of aromatic nitrogens is 3. The van der Waals surface area contributed by atoms with Crippen LogP contribution in [0.1, 0.15) is 40.4 Å². The third kappa shape index (κ3) is 4.63. The summed E-state index contributed by atoms with van der Waals surface area (Å²) in [5.74, 6) is -0.410. The first kappa shape index (κ1) is 20.5. The van der Waals surface area contributed by atoms with Gasteiger partial charge in [0.25, 0.3) is 11.8 Å². The maximum absolute atomic E-state index is 12.6. The van der Waals surface area contributed by atoms with Gasteiger partial charge >= 0.3 is 0 Å². The van der Waals surface area contributed by atoms with E-state index in [9.17, 15) is 9.59 Å². The lowest BCUT2D eigenvalue weighted by Gasteiger charge is -2.18. The van der Waals surface area contributed by atoms with Gasteiger partial charge in [-0.3, -0.25) is 9.59 Å². The Bertz CT molecular complexity index is 1030. The van der Waals surface area contributed by atoms with Crippen molar-refractivity contribution in [2.45, 2.75) is 20.8 Å². The Morgan fingerprint density at radius 1 is 1.07 bits per heavy atom. The van der Waals surface area contributed by atoms with E-state index in [0.29, 0.717) is 40.7 Å². The number of nitrogens with zero attached hydrogens (tertiary/aromatic N) is 4. The zero-order valence-corrected chi connectivity index (χ0v) is 17.3. The van der Waals surface area contributed by atoms with Gasteiger partial charge in [-0.05, 0) is 63.2 Å². The number of aryl methyl sites for hydroxylation is 1.